The van der Waals surface area contributed by atoms with E-state index < -0.39 is 46.5 Å². The van der Waals surface area contributed by atoms with Crippen LogP contribution in [0.25, 0.3) is 11.0 Å². The Morgan fingerprint density at radius 1 is 1.11 bits per heavy atom. The fourth-order valence-electron chi connectivity index (χ4n) is 5.67. The predicted molar refractivity (Wildman–Crippen MR) is 177 cm³/mol. The van der Waals surface area contributed by atoms with Gasteiger partial charge in [0.2, 0.25) is 5.28 Å². The highest BCUT2D eigenvalue weighted by atomic mass is 35.5. The molecule has 4 rings (SSSR count). The van der Waals surface area contributed by atoms with Crippen molar-refractivity contribution in [3.05, 3.63) is 11.5 Å². The van der Waals surface area contributed by atoms with Crippen LogP contribution in [0.2, 0.25) is 5.28 Å². The zero-order valence-electron chi connectivity index (χ0n) is 27.8. The van der Waals surface area contributed by atoms with Crippen LogP contribution in [0, 0.1) is 0 Å². The quantitative estimate of drug-likeness (QED) is 0.103. The van der Waals surface area contributed by atoms with Crippen molar-refractivity contribution in [3.63, 3.8) is 0 Å². The summed E-state index contributed by atoms with van der Waals surface area (Å²) in [5.41, 5.74) is -0.350. The van der Waals surface area contributed by atoms with Crippen molar-refractivity contribution in [2.24, 2.45) is 0 Å². The van der Waals surface area contributed by atoms with Crippen LogP contribution >= 0.6 is 19.2 Å². The molecule has 1 saturated heterocycles. The van der Waals surface area contributed by atoms with Crippen molar-refractivity contribution >= 4 is 52.0 Å². The van der Waals surface area contributed by atoms with E-state index in [0.29, 0.717) is 42.5 Å². The number of sulfone groups is 1. The molecule has 3 heterocycles. The molecule has 1 aliphatic heterocycles. The molecule has 1 saturated carbocycles. The van der Waals surface area contributed by atoms with Gasteiger partial charge in [-0.2, -0.15) is 15.1 Å². The molecular formula is C30H49ClN5O8PS. The number of rotatable bonds is 15. The average molecular weight is 706 g/mol. The largest absolute Gasteiger partial charge is 0.443 e. The SMILES string of the molecule is CCCCOP(=O)(OCCCC)[C@@H](C)S(=O)(=O)C[C@@H]1CC[C@H](n2ncc3c(N(C(=O)OC(C)(C)C)C4CCCC4)nc(Cl)nc32)O1. The van der Waals surface area contributed by atoms with Crippen LogP contribution in [0.3, 0.4) is 0 Å². The molecule has 2 aliphatic rings. The maximum atomic E-state index is 13.7. The van der Waals surface area contributed by atoms with Crippen molar-refractivity contribution in [2.75, 3.05) is 23.9 Å². The Morgan fingerprint density at radius 3 is 2.33 bits per heavy atom. The van der Waals surface area contributed by atoms with Crippen LogP contribution in [0.4, 0.5) is 10.6 Å². The topological polar surface area (TPSA) is 152 Å². The smallest absolute Gasteiger partial charge is 0.416 e. The molecule has 0 unspecified atom stereocenters. The molecule has 2 fully saturated rings. The number of unbranched alkanes of at least 4 members (excludes halogenated alkanes) is 2. The number of halogens is 1. The molecule has 0 aromatic carbocycles. The van der Waals surface area contributed by atoms with E-state index >= 15 is 0 Å². The first-order chi connectivity index (χ1) is 21.7. The Bertz CT molecular complexity index is 1480. The lowest BCUT2D eigenvalue weighted by molar-refractivity contribution is 0.00716. The molecule has 2 aromatic rings. The number of amides is 1. The molecule has 260 valence electrons. The molecule has 13 nitrogen and oxygen atoms in total. The molecule has 46 heavy (non-hydrogen) atoms. The standard InChI is InChI=1S/C30H49ClN5O8PS/c1-7-9-17-41-45(38,42-18-10-8-2)21(3)46(39,40)20-23-15-16-25(43-23)36-27-24(19-32-36)26(33-28(31)34-27)35(22-13-11-12-14-22)29(37)44-30(4,5)6/h19,21-23,25H,7-18,20H2,1-6H3/t21-,23+,25-/m1/s1. The van der Waals surface area contributed by atoms with Crippen molar-refractivity contribution in [1.82, 2.24) is 19.7 Å². The average Bonchev–Trinajstić information content (AvgIpc) is 3.74. The number of ether oxygens (including phenoxy) is 2. The normalized spacial score (nSPS) is 20.4. The first kappa shape index (κ1) is 37.0. The molecule has 1 amide bonds. The van der Waals surface area contributed by atoms with Gasteiger partial charge >= 0.3 is 13.7 Å². The minimum Gasteiger partial charge on any atom is -0.443 e. The summed E-state index contributed by atoms with van der Waals surface area (Å²) in [7, 11) is -7.87. The summed E-state index contributed by atoms with van der Waals surface area (Å²) in [6, 6.07) is -0.112. The second-order valence-electron chi connectivity index (χ2n) is 13.1. The Kier molecular flexibility index (Phi) is 12.5. The highest BCUT2D eigenvalue weighted by Crippen LogP contribution is 2.55. The fraction of sp³-hybridized carbons (Fsp3) is 0.800. The zero-order valence-corrected chi connectivity index (χ0v) is 30.3. The summed E-state index contributed by atoms with van der Waals surface area (Å²) < 4.78 is 65.5. The summed E-state index contributed by atoms with van der Waals surface area (Å²) >= 11 is 6.42. The van der Waals surface area contributed by atoms with E-state index in [0.717, 1.165) is 38.5 Å². The van der Waals surface area contributed by atoms with Gasteiger partial charge in [-0.1, -0.05) is 39.5 Å². The third kappa shape index (κ3) is 8.99. The van der Waals surface area contributed by atoms with Gasteiger partial charge in [-0.3, -0.25) is 9.46 Å². The van der Waals surface area contributed by atoms with E-state index in [1.807, 2.05) is 34.6 Å². The predicted octanol–water partition coefficient (Wildman–Crippen LogP) is 7.43. The summed E-state index contributed by atoms with van der Waals surface area (Å²) in [6.45, 7) is 11.1. The van der Waals surface area contributed by atoms with Crippen molar-refractivity contribution < 1.29 is 36.3 Å². The monoisotopic (exact) mass is 705 g/mol. The Balaban J connectivity index is 1.55. The summed E-state index contributed by atoms with van der Waals surface area (Å²) in [4.78, 5) is 22.6. The summed E-state index contributed by atoms with van der Waals surface area (Å²) in [5, 5.41) is 4.97. The van der Waals surface area contributed by atoms with Crippen LogP contribution in [0.5, 0.6) is 0 Å². The number of hydrogen-bond donors (Lipinski definition) is 0. The van der Waals surface area contributed by atoms with Crippen LogP contribution < -0.4 is 4.90 Å². The molecule has 0 N–H and O–H groups in total. The lowest BCUT2D eigenvalue weighted by Crippen LogP contribution is -2.43. The van der Waals surface area contributed by atoms with Crippen molar-refractivity contribution in [1.29, 1.82) is 0 Å². The zero-order chi connectivity index (χ0) is 33.7. The maximum Gasteiger partial charge on any atom is 0.416 e. The van der Waals surface area contributed by atoms with Gasteiger partial charge in [-0.25, -0.2) is 17.9 Å². The van der Waals surface area contributed by atoms with E-state index in [9.17, 15) is 17.8 Å². The highest BCUT2D eigenvalue weighted by Gasteiger charge is 2.44. The van der Waals surface area contributed by atoms with E-state index in [-0.39, 0.29) is 30.3 Å². The lowest BCUT2D eigenvalue weighted by atomic mass is 10.2. The third-order valence-corrected chi connectivity index (χ3v) is 14.0. The lowest BCUT2D eigenvalue weighted by Gasteiger charge is -2.31. The summed E-state index contributed by atoms with van der Waals surface area (Å²) in [6.07, 6.45) is 7.10. The first-order valence-electron chi connectivity index (χ1n) is 16.4. The maximum absolute atomic E-state index is 13.7. The molecule has 1 aliphatic carbocycles. The second-order valence-corrected chi connectivity index (χ2v) is 18.5. The number of nitrogens with zero attached hydrogens (tertiary/aromatic N) is 5. The van der Waals surface area contributed by atoms with E-state index in [2.05, 4.69) is 15.1 Å². The van der Waals surface area contributed by atoms with Gasteiger partial charge in [0.25, 0.3) is 0 Å². The number of fused-ring (bicyclic) bond motifs is 1. The Labute approximate surface area is 277 Å². The van der Waals surface area contributed by atoms with E-state index in [1.54, 1.807) is 15.8 Å². The van der Waals surface area contributed by atoms with Gasteiger partial charge in [0.15, 0.2) is 32.5 Å². The van der Waals surface area contributed by atoms with Crippen LogP contribution in [-0.4, -0.2) is 76.0 Å². The molecule has 16 heteroatoms. The molecule has 2 aromatic heterocycles. The highest BCUT2D eigenvalue weighted by molar-refractivity contribution is 7.98. The second kappa shape index (κ2) is 15.6. The number of hydrogen-bond acceptors (Lipinski definition) is 11. The van der Waals surface area contributed by atoms with Crippen LogP contribution in [0.1, 0.15) is 112 Å². The van der Waals surface area contributed by atoms with Gasteiger partial charge in [-0.15, -0.1) is 0 Å². The minimum absolute atomic E-state index is 0.0661. The van der Waals surface area contributed by atoms with Crippen molar-refractivity contribution in [2.45, 2.75) is 135 Å². The first-order valence-corrected chi connectivity index (χ1v) is 20.1. The fourth-order valence-corrected chi connectivity index (χ4v) is 10.3. The molecule has 0 spiro atoms. The number of carbonyl (C=O) groups excluding carboxylic acids is 1. The third-order valence-electron chi connectivity index (χ3n) is 8.19. The van der Waals surface area contributed by atoms with E-state index in [1.165, 1.54) is 6.92 Å². The molecule has 0 bridgehead atoms. The molecule has 0 radical (unpaired) electrons. The molecular weight excluding hydrogens is 657 g/mol. The van der Waals surface area contributed by atoms with Gasteiger partial charge < -0.3 is 18.5 Å². The number of carbonyl (C=O) groups is 1. The Hall–Kier alpha value is -1.83. The van der Waals surface area contributed by atoms with Gasteiger partial charge in [0.05, 0.1) is 36.7 Å². The van der Waals surface area contributed by atoms with Gasteiger partial charge in [0, 0.05) is 6.04 Å². The minimum atomic E-state index is -3.94. The summed E-state index contributed by atoms with van der Waals surface area (Å²) in [5.74, 6) is -0.0349. The number of anilines is 1. The van der Waals surface area contributed by atoms with Crippen molar-refractivity contribution in [3.8, 4) is 0 Å². The van der Waals surface area contributed by atoms with Gasteiger partial charge in [-0.05, 0) is 77.8 Å². The van der Waals surface area contributed by atoms with Crippen LogP contribution in [0.15, 0.2) is 6.20 Å². The van der Waals surface area contributed by atoms with Gasteiger partial charge in [0.1, 0.15) is 5.60 Å². The van der Waals surface area contributed by atoms with Crippen LogP contribution in [-0.2, 0) is 32.9 Å². The molecule has 3 atom stereocenters. The van der Waals surface area contributed by atoms with E-state index in [4.69, 9.17) is 30.1 Å². The Morgan fingerprint density at radius 2 is 1.74 bits per heavy atom. The number of aromatic nitrogens is 4.